The molecule has 0 aliphatic heterocycles. The number of halogens is 1. The number of aromatic nitrogens is 2. The molecular formula is C22H11ClN2OS. The van der Waals surface area contributed by atoms with Crippen molar-refractivity contribution in [3.63, 3.8) is 0 Å². The van der Waals surface area contributed by atoms with Crippen molar-refractivity contribution < 1.29 is 4.42 Å². The maximum absolute atomic E-state index is 6.47. The van der Waals surface area contributed by atoms with Crippen LogP contribution in [0.2, 0.25) is 5.15 Å². The molecule has 3 aromatic carbocycles. The molecule has 6 rings (SSSR count). The monoisotopic (exact) mass is 386 g/mol. The molecule has 128 valence electrons. The number of rotatable bonds is 1. The minimum absolute atomic E-state index is 0.337. The van der Waals surface area contributed by atoms with Gasteiger partial charge in [0.1, 0.15) is 11.1 Å². The zero-order valence-electron chi connectivity index (χ0n) is 13.9. The highest BCUT2D eigenvalue weighted by Crippen LogP contribution is 2.40. The Kier molecular flexibility index (Phi) is 3.10. The quantitative estimate of drug-likeness (QED) is 0.284. The van der Waals surface area contributed by atoms with Gasteiger partial charge in [-0.1, -0.05) is 54.1 Å². The molecule has 0 saturated carbocycles. The van der Waals surface area contributed by atoms with Crippen molar-refractivity contribution >= 4 is 65.2 Å². The van der Waals surface area contributed by atoms with Gasteiger partial charge in [0.15, 0.2) is 16.6 Å². The molecule has 0 spiro atoms. The lowest BCUT2D eigenvalue weighted by Crippen LogP contribution is -1.90. The van der Waals surface area contributed by atoms with Crippen LogP contribution in [0.1, 0.15) is 0 Å². The van der Waals surface area contributed by atoms with E-state index in [-0.39, 0.29) is 0 Å². The fourth-order valence-corrected chi connectivity index (χ4v) is 5.02. The highest BCUT2D eigenvalue weighted by atomic mass is 35.5. The van der Waals surface area contributed by atoms with Gasteiger partial charge < -0.3 is 4.42 Å². The van der Waals surface area contributed by atoms with E-state index in [4.69, 9.17) is 21.0 Å². The first-order chi connectivity index (χ1) is 13.3. The van der Waals surface area contributed by atoms with Crippen LogP contribution in [0.3, 0.4) is 0 Å². The highest BCUT2D eigenvalue weighted by Gasteiger charge is 2.17. The maximum Gasteiger partial charge on any atom is 0.191 e. The molecular weight excluding hydrogens is 376 g/mol. The number of para-hydroxylation sites is 1. The van der Waals surface area contributed by atoms with Crippen LogP contribution in [-0.4, -0.2) is 9.97 Å². The molecule has 0 N–H and O–H groups in total. The van der Waals surface area contributed by atoms with Gasteiger partial charge in [0.25, 0.3) is 0 Å². The van der Waals surface area contributed by atoms with Crippen LogP contribution < -0.4 is 0 Å². The van der Waals surface area contributed by atoms with Crippen molar-refractivity contribution in [3.8, 4) is 11.4 Å². The zero-order valence-corrected chi connectivity index (χ0v) is 15.5. The summed E-state index contributed by atoms with van der Waals surface area (Å²) in [7, 11) is 0. The second-order valence-electron chi connectivity index (χ2n) is 6.39. The summed E-state index contributed by atoms with van der Waals surface area (Å²) in [5.41, 5.74) is 3.03. The van der Waals surface area contributed by atoms with E-state index in [1.807, 2.05) is 30.3 Å². The van der Waals surface area contributed by atoms with Gasteiger partial charge in [-0.15, -0.1) is 11.3 Å². The Hall–Kier alpha value is -2.95. The molecule has 3 heterocycles. The Balaban J connectivity index is 1.71. The van der Waals surface area contributed by atoms with E-state index >= 15 is 0 Å². The number of hydrogen-bond acceptors (Lipinski definition) is 4. The number of fused-ring (bicyclic) bond motifs is 6. The van der Waals surface area contributed by atoms with Gasteiger partial charge in [0, 0.05) is 31.1 Å². The van der Waals surface area contributed by atoms with Crippen molar-refractivity contribution in [3.05, 3.63) is 71.9 Å². The smallest absolute Gasteiger partial charge is 0.191 e. The molecule has 3 aromatic heterocycles. The van der Waals surface area contributed by atoms with Gasteiger partial charge in [-0.25, -0.2) is 9.97 Å². The molecule has 0 unspecified atom stereocenters. The summed E-state index contributed by atoms with van der Waals surface area (Å²) < 4.78 is 8.27. The van der Waals surface area contributed by atoms with E-state index in [2.05, 4.69) is 41.4 Å². The molecule has 5 heteroatoms. The van der Waals surface area contributed by atoms with E-state index in [1.165, 1.54) is 20.2 Å². The summed E-state index contributed by atoms with van der Waals surface area (Å²) in [6.07, 6.45) is 0. The second kappa shape index (κ2) is 5.52. The van der Waals surface area contributed by atoms with E-state index in [0.29, 0.717) is 16.6 Å². The molecule has 6 aromatic rings. The molecule has 0 aliphatic rings. The van der Waals surface area contributed by atoms with Gasteiger partial charge in [-0.3, -0.25) is 0 Å². The molecule has 0 saturated heterocycles. The molecule has 27 heavy (non-hydrogen) atoms. The van der Waals surface area contributed by atoms with Crippen molar-refractivity contribution in [2.75, 3.05) is 0 Å². The van der Waals surface area contributed by atoms with Crippen LogP contribution in [0.15, 0.2) is 71.1 Å². The first-order valence-corrected chi connectivity index (χ1v) is 9.74. The lowest BCUT2D eigenvalue weighted by atomic mass is 10.1. The standard InChI is InChI=1S/C22H11ClN2OS/c23-21-19-18(14-7-1-3-10-16(14)26-19)24-22(25-21)15-9-5-8-13-12-6-2-4-11-17(12)27-20(13)15/h1-11H. The van der Waals surface area contributed by atoms with Crippen molar-refractivity contribution in [1.29, 1.82) is 0 Å². The topological polar surface area (TPSA) is 38.9 Å². The molecule has 0 bridgehead atoms. The average Bonchev–Trinajstić information content (AvgIpc) is 3.27. The summed E-state index contributed by atoms with van der Waals surface area (Å²) in [5.74, 6) is 0.621. The third-order valence-corrected chi connectivity index (χ3v) is 6.30. The van der Waals surface area contributed by atoms with E-state index in [9.17, 15) is 0 Å². The van der Waals surface area contributed by atoms with Crippen LogP contribution in [0.5, 0.6) is 0 Å². The third-order valence-electron chi connectivity index (χ3n) is 4.82. The average molecular weight is 387 g/mol. The summed E-state index contributed by atoms with van der Waals surface area (Å²) >= 11 is 8.23. The Morgan fingerprint density at radius 3 is 2.48 bits per heavy atom. The fraction of sp³-hybridized carbons (Fsp3) is 0. The number of nitrogens with zero attached hydrogens (tertiary/aromatic N) is 2. The summed E-state index contributed by atoms with van der Waals surface area (Å²) in [6, 6.07) is 22.5. The Morgan fingerprint density at radius 1 is 0.778 bits per heavy atom. The van der Waals surface area contributed by atoms with Gasteiger partial charge >= 0.3 is 0 Å². The van der Waals surface area contributed by atoms with E-state index in [1.54, 1.807) is 11.3 Å². The minimum Gasteiger partial charge on any atom is -0.451 e. The predicted octanol–water partition coefficient (Wildman–Crippen LogP) is 7.06. The molecule has 0 atom stereocenters. The largest absolute Gasteiger partial charge is 0.451 e. The number of hydrogen-bond donors (Lipinski definition) is 0. The van der Waals surface area contributed by atoms with Crippen LogP contribution in [0, 0.1) is 0 Å². The van der Waals surface area contributed by atoms with E-state index in [0.717, 1.165) is 22.0 Å². The SMILES string of the molecule is Clc1nc(-c2cccc3c2sc2ccccc23)nc2c1oc1ccccc12. The summed E-state index contributed by atoms with van der Waals surface area (Å²) in [5, 5.41) is 3.75. The van der Waals surface area contributed by atoms with Crippen molar-refractivity contribution in [2.45, 2.75) is 0 Å². The predicted molar refractivity (Wildman–Crippen MR) is 113 cm³/mol. The number of benzene rings is 3. The van der Waals surface area contributed by atoms with Crippen molar-refractivity contribution in [1.82, 2.24) is 9.97 Å². The lowest BCUT2D eigenvalue weighted by molar-refractivity contribution is 0.666. The molecule has 0 fully saturated rings. The highest BCUT2D eigenvalue weighted by molar-refractivity contribution is 7.26. The number of thiophene rings is 1. The molecule has 0 aliphatic carbocycles. The summed E-state index contributed by atoms with van der Waals surface area (Å²) in [6.45, 7) is 0. The van der Waals surface area contributed by atoms with Crippen LogP contribution in [0.25, 0.3) is 53.6 Å². The minimum atomic E-state index is 0.337. The van der Waals surface area contributed by atoms with Gasteiger partial charge in [-0.05, 0) is 24.3 Å². The van der Waals surface area contributed by atoms with Crippen LogP contribution in [-0.2, 0) is 0 Å². The van der Waals surface area contributed by atoms with Gasteiger partial charge in [-0.2, -0.15) is 0 Å². The molecule has 3 nitrogen and oxygen atoms in total. The third kappa shape index (κ3) is 2.14. The van der Waals surface area contributed by atoms with Crippen LogP contribution >= 0.6 is 22.9 Å². The number of furan rings is 1. The van der Waals surface area contributed by atoms with Crippen LogP contribution in [0.4, 0.5) is 0 Å². The fourth-order valence-electron chi connectivity index (χ4n) is 3.60. The Labute approximate surface area is 162 Å². The van der Waals surface area contributed by atoms with Gasteiger partial charge in [0.05, 0.1) is 0 Å². The molecule has 0 amide bonds. The normalized spacial score (nSPS) is 11.9. The second-order valence-corrected chi connectivity index (χ2v) is 7.80. The summed E-state index contributed by atoms with van der Waals surface area (Å²) in [4.78, 5) is 9.39. The zero-order chi connectivity index (χ0) is 18.0. The lowest BCUT2D eigenvalue weighted by Gasteiger charge is -2.03. The molecule has 0 radical (unpaired) electrons. The Bertz CT molecular complexity index is 1500. The van der Waals surface area contributed by atoms with E-state index < -0.39 is 0 Å². The first kappa shape index (κ1) is 15.1. The van der Waals surface area contributed by atoms with Gasteiger partial charge in [0.2, 0.25) is 0 Å². The van der Waals surface area contributed by atoms with Crippen molar-refractivity contribution in [2.24, 2.45) is 0 Å². The first-order valence-electron chi connectivity index (χ1n) is 8.55. The maximum atomic E-state index is 6.47. The Morgan fingerprint density at radius 2 is 1.56 bits per heavy atom.